The van der Waals surface area contributed by atoms with E-state index in [0.29, 0.717) is 19.5 Å². The topological polar surface area (TPSA) is 70.6 Å². The van der Waals surface area contributed by atoms with Crippen LogP contribution in [0.2, 0.25) is 0 Å². The molecule has 1 aromatic rings. The molecule has 1 amide bonds. The number of carbonyl (C=O) groups excluding carboxylic acids is 1. The minimum atomic E-state index is -0.587. The van der Waals surface area contributed by atoms with E-state index >= 15 is 0 Å². The third-order valence-electron chi connectivity index (χ3n) is 3.05. The van der Waals surface area contributed by atoms with Crippen molar-refractivity contribution >= 4 is 5.91 Å². The number of aryl methyl sites for hydroxylation is 1. The molecule has 0 aromatic heterocycles. The molecule has 104 valence electrons. The Hall–Kier alpha value is -1.59. The molecule has 1 aromatic carbocycles. The van der Waals surface area contributed by atoms with Crippen LogP contribution < -0.4 is 15.4 Å². The zero-order valence-corrected chi connectivity index (χ0v) is 11.1. The van der Waals surface area contributed by atoms with Crippen molar-refractivity contribution in [1.29, 1.82) is 0 Å². The molecule has 5 heteroatoms. The van der Waals surface area contributed by atoms with Crippen molar-refractivity contribution in [2.75, 3.05) is 19.7 Å². The molecule has 3 N–H and O–H groups in total. The fourth-order valence-corrected chi connectivity index (χ4v) is 2.01. The van der Waals surface area contributed by atoms with Gasteiger partial charge in [0, 0.05) is 25.6 Å². The predicted molar refractivity (Wildman–Crippen MR) is 72.1 cm³/mol. The van der Waals surface area contributed by atoms with Crippen LogP contribution in [0.3, 0.4) is 0 Å². The molecule has 0 spiro atoms. The Balaban J connectivity index is 1.67. The molecule has 1 aliphatic heterocycles. The van der Waals surface area contributed by atoms with Crippen molar-refractivity contribution in [2.45, 2.75) is 25.5 Å². The Morgan fingerprint density at radius 2 is 2.42 bits per heavy atom. The number of hydrogen-bond donors (Lipinski definition) is 3. The Labute approximate surface area is 113 Å². The highest BCUT2D eigenvalue weighted by Crippen LogP contribution is 2.12. The van der Waals surface area contributed by atoms with E-state index in [-0.39, 0.29) is 18.6 Å². The quantitative estimate of drug-likeness (QED) is 0.687. The lowest BCUT2D eigenvalue weighted by atomic mass is 10.2. The molecular formula is C14H20N2O3. The van der Waals surface area contributed by atoms with Gasteiger partial charge in [-0.1, -0.05) is 12.1 Å². The minimum absolute atomic E-state index is 0.0583. The largest absolute Gasteiger partial charge is 0.491 e. The summed E-state index contributed by atoms with van der Waals surface area (Å²) in [6, 6.07) is 7.83. The molecule has 19 heavy (non-hydrogen) atoms. The fourth-order valence-electron chi connectivity index (χ4n) is 2.01. The van der Waals surface area contributed by atoms with Crippen LogP contribution in [0.15, 0.2) is 24.3 Å². The average molecular weight is 264 g/mol. The number of amides is 1. The average Bonchev–Trinajstić information content (AvgIpc) is 2.80. The van der Waals surface area contributed by atoms with Gasteiger partial charge in [0.15, 0.2) is 0 Å². The smallest absolute Gasteiger partial charge is 0.221 e. The number of aliphatic hydroxyl groups excluding tert-OH is 1. The molecule has 1 aliphatic rings. The normalized spacial score (nSPS) is 20.1. The molecule has 1 fully saturated rings. The van der Waals surface area contributed by atoms with Crippen LogP contribution >= 0.6 is 0 Å². The number of benzene rings is 1. The van der Waals surface area contributed by atoms with Gasteiger partial charge < -0.3 is 20.5 Å². The minimum Gasteiger partial charge on any atom is -0.491 e. The van der Waals surface area contributed by atoms with Crippen LogP contribution in [-0.4, -0.2) is 42.9 Å². The Kier molecular flexibility index (Phi) is 4.76. The second-order valence-corrected chi connectivity index (χ2v) is 4.89. The Morgan fingerprint density at radius 1 is 1.58 bits per heavy atom. The summed E-state index contributed by atoms with van der Waals surface area (Å²) in [6.45, 7) is 3.29. The number of ether oxygens (including phenoxy) is 1. The van der Waals surface area contributed by atoms with Crippen molar-refractivity contribution in [3.63, 3.8) is 0 Å². The van der Waals surface area contributed by atoms with Gasteiger partial charge in [-0.3, -0.25) is 4.79 Å². The molecule has 1 saturated heterocycles. The van der Waals surface area contributed by atoms with E-state index in [0.717, 1.165) is 11.3 Å². The first kappa shape index (κ1) is 13.8. The van der Waals surface area contributed by atoms with Crippen LogP contribution in [-0.2, 0) is 4.79 Å². The molecule has 2 atom stereocenters. The molecule has 1 heterocycles. The van der Waals surface area contributed by atoms with Gasteiger partial charge in [0.1, 0.15) is 18.5 Å². The van der Waals surface area contributed by atoms with Crippen molar-refractivity contribution in [2.24, 2.45) is 0 Å². The maximum atomic E-state index is 11.0. The lowest BCUT2D eigenvalue weighted by Gasteiger charge is -2.16. The third kappa shape index (κ3) is 4.54. The van der Waals surface area contributed by atoms with Gasteiger partial charge in [-0.05, 0) is 24.6 Å². The van der Waals surface area contributed by atoms with Gasteiger partial charge in [0.2, 0.25) is 5.91 Å². The van der Waals surface area contributed by atoms with E-state index in [4.69, 9.17) is 4.74 Å². The van der Waals surface area contributed by atoms with Gasteiger partial charge in [-0.2, -0.15) is 0 Å². The molecule has 5 nitrogen and oxygen atoms in total. The lowest BCUT2D eigenvalue weighted by molar-refractivity contribution is -0.119. The number of carbonyl (C=O) groups is 1. The van der Waals surface area contributed by atoms with Crippen LogP contribution in [0.5, 0.6) is 5.75 Å². The van der Waals surface area contributed by atoms with Crippen molar-refractivity contribution in [3.8, 4) is 5.75 Å². The molecule has 2 rings (SSSR count). The summed E-state index contributed by atoms with van der Waals surface area (Å²) in [7, 11) is 0. The molecule has 0 radical (unpaired) electrons. The molecule has 0 bridgehead atoms. The Bertz CT molecular complexity index is 436. The van der Waals surface area contributed by atoms with Crippen molar-refractivity contribution in [1.82, 2.24) is 10.6 Å². The molecule has 0 saturated carbocycles. The second-order valence-electron chi connectivity index (χ2n) is 4.89. The summed E-state index contributed by atoms with van der Waals surface area (Å²) in [4.78, 5) is 11.0. The summed E-state index contributed by atoms with van der Waals surface area (Å²) in [5, 5.41) is 15.7. The number of aliphatic hydroxyl groups is 1. The van der Waals surface area contributed by atoms with Gasteiger partial charge in [0.25, 0.3) is 0 Å². The molecular weight excluding hydrogens is 244 g/mol. The van der Waals surface area contributed by atoms with E-state index in [9.17, 15) is 9.90 Å². The first-order chi connectivity index (χ1) is 9.13. The summed E-state index contributed by atoms with van der Waals surface area (Å²) < 4.78 is 5.51. The first-order valence-electron chi connectivity index (χ1n) is 6.51. The van der Waals surface area contributed by atoms with Gasteiger partial charge in [0.05, 0.1) is 0 Å². The molecule has 0 aliphatic carbocycles. The third-order valence-corrected chi connectivity index (χ3v) is 3.05. The summed E-state index contributed by atoms with van der Waals surface area (Å²) >= 11 is 0. The van der Waals surface area contributed by atoms with E-state index in [1.807, 2.05) is 31.2 Å². The van der Waals surface area contributed by atoms with Crippen molar-refractivity contribution in [3.05, 3.63) is 29.8 Å². The second kappa shape index (κ2) is 6.54. The summed E-state index contributed by atoms with van der Waals surface area (Å²) in [6.07, 6.45) is -0.109. The van der Waals surface area contributed by atoms with Gasteiger partial charge in [-0.25, -0.2) is 0 Å². The Morgan fingerprint density at radius 3 is 3.11 bits per heavy atom. The summed E-state index contributed by atoms with van der Waals surface area (Å²) in [5.41, 5.74) is 1.13. The summed E-state index contributed by atoms with van der Waals surface area (Å²) in [5.74, 6) is 0.819. The zero-order chi connectivity index (χ0) is 13.7. The predicted octanol–water partition coefficient (Wildman–Crippen LogP) is 0.213. The monoisotopic (exact) mass is 264 g/mol. The van der Waals surface area contributed by atoms with E-state index in [2.05, 4.69) is 10.6 Å². The SMILES string of the molecule is Cc1cccc(OCC(O)CNC2CNC(=O)C2)c1. The fraction of sp³-hybridized carbons (Fsp3) is 0.500. The standard InChI is InChI=1S/C14H20N2O3/c1-10-3-2-4-13(5-10)19-9-12(17)8-15-11-6-14(18)16-7-11/h2-5,11-12,15,17H,6-9H2,1H3,(H,16,18). The van der Waals surface area contributed by atoms with Crippen LogP contribution in [0.1, 0.15) is 12.0 Å². The van der Waals surface area contributed by atoms with E-state index in [1.165, 1.54) is 0 Å². The maximum Gasteiger partial charge on any atom is 0.221 e. The highest BCUT2D eigenvalue weighted by Gasteiger charge is 2.21. The van der Waals surface area contributed by atoms with E-state index in [1.54, 1.807) is 0 Å². The number of rotatable bonds is 6. The molecule has 2 unspecified atom stereocenters. The van der Waals surface area contributed by atoms with Crippen LogP contribution in [0.25, 0.3) is 0 Å². The maximum absolute atomic E-state index is 11.0. The lowest BCUT2D eigenvalue weighted by Crippen LogP contribution is -2.39. The van der Waals surface area contributed by atoms with E-state index < -0.39 is 6.10 Å². The highest BCUT2D eigenvalue weighted by molar-refractivity contribution is 5.78. The van der Waals surface area contributed by atoms with Crippen LogP contribution in [0.4, 0.5) is 0 Å². The number of nitrogens with one attached hydrogen (secondary N) is 2. The first-order valence-corrected chi connectivity index (χ1v) is 6.51. The highest BCUT2D eigenvalue weighted by atomic mass is 16.5. The van der Waals surface area contributed by atoms with Crippen LogP contribution in [0, 0.1) is 6.92 Å². The van der Waals surface area contributed by atoms with Gasteiger partial charge >= 0.3 is 0 Å². The van der Waals surface area contributed by atoms with Crippen molar-refractivity contribution < 1.29 is 14.6 Å². The van der Waals surface area contributed by atoms with Gasteiger partial charge in [-0.15, -0.1) is 0 Å². The number of hydrogen-bond acceptors (Lipinski definition) is 4. The zero-order valence-electron chi connectivity index (χ0n) is 11.1.